The molecule has 1 aromatic carbocycles. The SMILES string of the molecule is C.C=O.CC(C)CNc1cc(C(C)NC(=O)COc2ccc(C(F)(F)F)cc2)ccn1.[HH].[HH]. The number of alkyl halides is 3. The predicted molar refractivity (Wildman–Crippen MR) is 119 cm³/mol. The normalized spacial score (nSPS) is 11.5. The minimum Gasteiger partial charge on any atom is -0.484 e. The number of hydrogen-bond acceptors (Lipinski definition) is 5. The maximum absolute atomic E-state index is 12.5. The molecule has 1 amide bonds. The number of halogens is 3. The standard InChI is InChI=1S/C20H24F3N3O2.CH2O.CH4.2H2/c1-13(2)11-25-18-10-15(8-9-24-18)14(3)26-19(27)12-28-17-6-4-16(5-7-17)20(21,22)23;1-2;;;/h4-10,13-14H,11-12H2,1-3H3,(H,24,25)(H,26,27);1H2;1H4;2*1H. The van der Waals surface area contributed by atoms with Gasteiger partial charge in [-0.1, -0.05) is 21.3 Å². The molecule has 0 aliphatic rings. The zero-order valence-corrected chi connectivity index (χ0v) is 17.1. The number of nitrogens with zero attached hydrogens (tertiary/aromatic N) is 1. The molecule has 1 aromatic heterocycles. The number of benzene rings is 1. The van der Waals surface area contributed by atoms with Gasteiger partial charge in [-0.05, 0) is 54.8 Å². The second-order valence-corrected chi connectivity index (χ2v) is 6.85. The molecule has 6 nitrogen and oxygen atoms in total. The molecule has 0 aliphatic heterocycles. The molecule has 0 fully saturated rings. The summed E-state index contributed by atoms with van der Waals surface area (Å²) in [6, 6.07) is 7.61. The van der Waals surface area contributed by atoms with E-state index >= 15 is 0 Å². The number of rotatable bonds is 8. The second kappa shape index (κ2) is 13.3. The summed E-state index contributed by atoms with van der Waals surface area (Å²) in [5.41, 5.74) is 0.113. The van der Waals surface area contributed by atoms with Gasteiger partial charge in [0.25, 0.3) is 5.91 Å². The molecule has 0 spiro atoms. The van der Waals surface area contributed by atoms with E-state index in [2.05, 4.69) is 29.5 Å². The van der Waals surface area contributed by atoms with Crippen molar-refractivity contribution in [1.29, 1.82) is 0 Å². The van der Waals surface area contributed by atoms with Gasteiger partial charge in [0.1, 0.15) is 18.4 Å². The van der Waals surface area contributed by atoms with Crippen LogP contribution in [0.5, 0.6) is 5.75 Å². The van der Waals surface area contributed by atoms with Gasteiger partial charge >= 0.3 is 6.18 Å². The Morgan fingerprint density at radius 3 is 2.32 bits per heavy atom. The van der Waals surface area contributed by atoms with Crippen molar-refractivity contribution in [2.24, 2.45) is 5.92 Å². The number of hydrogen-bond donors (Lipinski definition) is 2. The molecule has 2 rings (SSSR count). The van der Waals surface area contributed by atoms with Crippen molar-refractivity contribution in [3.63, 3.8) is 0 Å². The smallest absolute Gasteiger partial charge is 0.416 e. The highest BCUT2D eigenvalue weighted by molar-refractivity contribution is 5.78. The van der Waals surface area contributed by atoms with Gasteiger partial charge in [0.15, 0.2) is 6.61 Å². The maximum atomic E-state index is 12.5. The minimum absolute atomic E-state index is 0. The Labute approximate surface area is 184 Å². The topological polar surface area (TPSA) is 80.3 Å². The van der Waals surface area contributed by atoms with Crippen molar-refractivity contribution >= 4 is 18.5 Å². The molecule has 0 saturated heterocycles. The number of carbonyl (C=O) groups is 2. The number of carbonyl (C=O) groups excluding carboxylic acids is 2. The molecule has 9 heteroatoms. The largest absolute Gasteiger partial charge is 0.484 e. The summed E-state index contributed by atoms with van der Waals surface area (Å²) in [4.78, 5) is 24.3. The third kappa shape index (κ3) is 9.97. The van der Waals surface area contributed by atoms with E-state index in [0.29, 0.717) is 5.92 Å². The summed E-state index contributed by atoms with van der Waals surface area (Å²) in [6.45, 7) is 8.52. The van der Waals surface area contributed by atoms with Gasteiger partial charge in [-0.25, -0.2) is 4.98 Å². The van der Waals surface area contributed by atoms with Gasteiger partial charge in [0, 0.05) is 15.6 Å². The van der Waals surface area contributed by atoms with Crippen LogP contribution in [0.2, 0.25) is 0 Å². The lowest BCUT2D eigenvalue weighted by Gasteiger charge is -2.16. The first-order valence-corrected chi connectivity index (χ1v) is 9.23. The Morgan fingerprint density at radius 1 is 1.16 bits per heavy atom. The minimum atomic E-state index is -4.40. The lowest BCUT2D eigenvalue weighted by Crippen LogP contribution is -2.31. The number of aromatic nitrogens is 1. The third-order valence-electron chi connectivity index (χ3n) is 3.90. The van der Waals surface area contributed by atoms with Gasteiger partial charge < -0.3 is 20.2 Å². The molecule has 2 N–H and O–H groups in total. The fraction of sp³-hybridized carbons (Fsp3) is 0.409. The molecule has 1 heterocycles. The van der Waals surface area contributed by atoms with Crippen molar-refractivity contribution in [1.82, 2.24) is 10.3 Å². The number of nitrogens with one attached hydrogen (secondary N) is 2. The summed E-state index contributed by atoms with van der Waals surface area (Å²) in [5, 5.41) is 6.02. The highest BCUT2D eigenvalue weighted by atomic mass is 19.4. The highest BCUT2D eigenvalue weighted by Crippen LogP contribution is 2.30. The molecule has 1 atom stereocenters. The fourth-order valence-electron chi connectivity index (χ4n) is 2.38. The molecular weight excluding hydrogens is 411 g/mol. The van der Waals surface area contributed by atoms with Crippen LogP contribution in [0.4, 0.5) is 19.0 Å². The summed E-state index contributed by atoms with van der Waals surface area (Å²) in [5.74, 6) is 1.03. The van der Waals surface area contributed by atoms with E-state index < -0.39 is 11.7 Å². The van der Waals surface area contributed by atoms with Gasteiger partial charge in [0.2, 0.25) is 0 Å². The van der Waals surface area contributed by atoms with E-state index in [0.717, 1.165) is 30.1 Å². The second-order valence-electron chi connectivity index (χ2n) is 6.85. The van der Waals surface area contributed by atoms with Crippen LogP contribution in [-0.2, 0) is 15.8 Å². The van der Waals surface area contributed by atoms with E-state index in [1.807, 2.05) is 25.8 Å². The monoisotopic (exact) mass is 445 g/mol. The summed E-state index contributed by atoms with van der Waals surface area (Å²) < 4.78 is 42.9. The van der Waals surface area contributed by atoms with Crippen molar-refractivity contribution in [2.75, 3.05) is 18.5 Å². The van der Waals surface area contributed by atoms with E-state index in [-0.39, 0.29) is 34.6 Å². The molecule has 0 saturated carbocycles. The summed E-state index contributed by atoms with van der Waals surface area (Å²) >= 11 is 0. The van der Waals surface area contributed by atoms with Crippen LogP contribution in [0.3, 0.4) is 0 Å². The molecule has 1 unspecified atom stereocenters. The summed E-state index contributed by atoms with van der Waals surface area (Å²) in [7, 11) is 0. The summed E-state index contributed by atoms with van der Waals surface area (Å²) in [6.07, 6.45) is -2.74. The average Bonchev–Trinajstić information content (AvgIpc) is 2.72. The Bertz CT molecular complexity index is 807. The zero-order chi connectivity index (χ0) is 22.7. The zero-order valence-electron chi connectivity index (χ0n) is 17.1. The van der Waals surface area contributed by atoms with E-state index in [1.54, 1.807) is 6.20 Å². The fourth-order valence-corrected chi connectivity index (χ4v) is 2.38. The molecule has 31 heavy (non-hydrogen) atoms. The Kier molecular flexibility index (Phi) is 11.9. The van der Waals surface area contributed by atoms with E-state index in [9.17, 15) is 18.0 Å². The van der Waals surface area contributed by atoms with E-state index in [4.69, 9.17) is 9.53 Å². The number of pyridine rings is 1. The van der Waals surface area contributed by atoms with E-state index in [1.165, 1.54) is 12.1 Å². The number of amides is 1. The first-order valence-electron chi connectivity index (χ1n) is 9.23. The van der Waals surface area contributed by atoms with Gasteiger partial charge in [-0.3, -0.25) is 4.79 Å². The van der Waals surface area contributed by atoms with Crippen molar-refractivity contribution < 1.29 is 30.4 Å². The third-order valence-corrected chi connectivity index (χ3v) is 3.90. The lowest BCUT2D eigenvalue weighted by atomic mass is 10.1. The first-order chi connectivity index (χ1) is 14.1. The van der Waals surface area contributed by atoms with Crippen molar-refractivity contribution in [3.8, 4) is 5.75 Å². The molecule has 0 aliphatic carbocycles. The Morgan fingerprint density at radius 2 is 1.77 bits per heavy atom. The van der Waals surface area contributed by atoms with Crippen LogP contribution in [0, 0.1) is 5.92 Å². The van der Waals surface area contributed by atoms with Crippen LogP contribution < -0.4 is 15.4 Å². The molecule has 0 radical (unpaired) electrons. The predicted octanol–water partition coefficient (Wildman–Crippen LogP) is 5.37. The molecular formula is C22H34F3N3O3. The first kappa shape index (κ1) is 27.9. The highest BCUT2D eigenvalue weighted by Gasteiger charge is 2.30. The maximum Gasteiger partial charge on any atom is 0.416 e. The van der Waals surface area contributed by atoms with Gasteiger partial charge in [-0.15, -0.1) is 0 Å². The van der Waals surface area contributed by atoms with Crippen LogP contribution in [0.1, 0.15) is 48.2 Å². The van der Waals surface area contributed by atoms with Crippen LogP contribution in [0.15, 0.2) is 42.6 Å². The molecule has 0 bridgehead atoms. The van der Waals surface area contributed by atoms with Crippen molar-refractivity contribution in [2.45, 2.75) is 40.4 Å². The van der Waals surface area contributed by atoms with Crippen LogP contribution >= 0.6 is 0 Å². The van der Waals surface area contributed by atoms with Crippen LogP contribution in [-0.4, -0.2) is 30.8 Å². The Balaban J connectivity index is -0.00000175. The molecule has 2 aromatic rings. The quantitative estimate of drug-likeness (QED) is 0.571. The number of ether oxygens (including phenoxy) is 1. The van der Waals surface area contributed by atoms with Gasteiger partial charge in [0.05, 0.1) is 11.6 Å². The Hall–Kier alpha value is -3.10. The van der Waals surface area contributed by atoms with Crippen molar-refractivity contribution in [3.05, 3.63) is 53.7 Å². The molecule has 176 valence electrons. The number of anilines is 1. The van der Waals surface area contributed by atoms with Crippen LogP contribution in [0.25, 0.3) is 0 Å². The lowest BCUT2D eigenvalue weighted by molar-refractivity contribution is -0.137. The van der Waals surface area contributed by atoms with Gasteiger partial charge in [-0.2, -0.15) is 13.2 Å². The average molecular weight is 446 g/mol.